The number of carbonyl (C=O) groups excluding carboxylic acids is 1. The molecule has 2 rings (SSSR count). The Bertz CT molecular complexity index is 549. The summed E-state index contributed by atoms with van der Waals surface area (Å²) in [6.45, 7) is 0. The van der Waals surface area contributed by atoms with Crippen LogP contribution in [0.2, 0.25) is 0 Å². The Morgan fingerprint density at radius 2 is 1.88 bits per heavy atom. The van der Waals surface area contributed by atoms with Crippen LogP contribution in [0.4, 0.5) is 0 Å². The zero-order chi connectivity index (χ0) is 12.3. The quantitative estimate of drug-likeness (QED) is 0.875. The van der Waals surface area contributed by atoms with Crippen LogP contribution >= 0.6 is 0 Å². The predicted octanol–water partition coefficient (Wildman–Crippen LogP) is 2.46. The van der Waals surface area contributed by atoms with Crippen LogP contribution in [0.1, 0.15) is 10.4 Å². The van der Waals surface area contributed by atoms with E-state index in [0.29, 0.717) is 5.56 Å². The van der Waals surface area contributed by atoms with Crippen molar-refractivity contribution in [3.63, 3.8) is 0 Å². The van der Waals surface area contributed by atoms with Crippen molar-refractivity contribution in [2.24, 2.45) is 5.73 Å². The van der Waals surface area contributed by atoms with Gasteiger partial charge in [0.25, 0.3) is 0 Å². The first-order valence-electron chi connectivity index (χ1n) is 5.25. The molecule has 17 heavy (non-hydrogen) atoms. The highest BCUT2D eigenvalue weighted by molar-refractivity contribution is 5.94. The second-order valence-corrected chi connectivity index (χ2v) is 3.65. The largest absolute Gasteiger partial charge is 0.496 e. The third-order valence-corrected chi connectivity index (χ3v) is 2.57. The monoisotopic (exact) mass is 227 g/mol. The Morgan fingerprint density at radius 1 is 1.12 bits per heavy atom. The molecule has 0 saturated carbocycles. The number of para-hydroxylation sites is 1. The molecule has 0 unspecified atom stereocenters. The molecular formula is C14H13NO2. The lowest BCUT2D eigenvalue weighted by Crippen LogP contribution is -2.10. The minimum Gasteiger partial charge on any atom is -0.496 e. The summed E-state index contributed by atoms with van der Waals surface area (Å²) in [5.41, 5.74) is 7.61. The van der Waals surface area contributed by atoms with E-state index < -0.39 is 5.91 Å². The fourth-order valence-electron chi connectivity index (χ4n) is 1.72. The average Bonchev–Trinajstić information content (AvgIpc) is 2.39. The SMILES string of the molecule is COc1ccccc1-c1cccc(C(N)=O)c1. The van der Waals surface area contributed by atoms with Crippen LogP contribution in [-0.4, -0.2) is 13.0 Å². The minimum atomic E-state index is -0.429. The van der Waals surface area contributed by atoms with Crippen LogP contribution in [-0.2, 0) is 0 Å². The molecule has 2 aromatic carbocycles. The van der Waals surface area contributed by atoms with Gasteiger partial charge in [0.05, 0.1) is 7.11 Å². The third-order valence-electron chi connectivity index (χ3n) is 2.57. The van der Waals surface area contributed by atoms with Gasteiger partial charge in [0, 0.05) is 11.1 Å². The molecule has 2 N–H and O–H groups in total. The number of amides is 1. The number of hydrogen-bond acceptors (Lipinski definition) is 2. The molecule has 86 valence electrons. The summed E-state index contributed by atoms with van der Waals surface area (Å²) in [7, 11) is 1.62. The Balaban J connectivity index is 2.52. The molecule has 0 heterocycles. The summed E-state index contributed by atoms with van der Waals surface area (Å²) in [5, 5.41) is 0. The second-order valence-electron chi connectivity index (χ2n) is 3.65. The predicted molar refractivity (Wildman–Crippen MR) is 66.9 cm³/mol. The number of primary amides is 1. The van der Waals surface area contributed by atoms with Crippen LogP contribution in [0.5, 0.6) is 5.75 Å². The van der Waals surface area contributed by atoms with Gasteiger partial charge in [-0.2, -0.15) is 0 Å². The van der Waals surface area contributed by atoms with Gasteiger partial charge in [0.15, 0.2) is 0 Å². The van der Waals surface area contributed by atoms with Gasteiger partial charge in [-0.05, 0) is 23.8 Å². The second kappa shape index (κ2) is 4.70. The van der Waals surface area contributed by atoms with Crippen LogP contribution in [0.15, 0.2) is 48.5 Å². The molecule has 0 radical (unpaired) electrons. The first-order valence-corrected chi connectivity index (χ1v) is 5.25. The number of hydrogen-bond donors (Lipinski definition) is 1. The molecule has 2 aromatic rings. The lowest BCUT2D eigenvalue weighted by atomic mass is 10.0. The molecule has 0 bridgehead atoms. The lowest BCUT2D eigenvalue weighted by molar-refractivity contribution is 0.100. The molecule has 3 nitrogen and oxygen atoms in total. The standard InChI is InChI=1S/C14H13NO2/c1-17-13-8-3-2-7-12(13)10-5-4-6-11(9-10)14(15)16/h2-9H,1H3,(H2,15,16). The highest BCUT2D eigenvalue weighted by atomic mass is 16.5. The Hall–Kier alpha value is -2.29. The van der Waals surface area contributed by atoms with Crippen LogP contribution in [0.3, 0.4) is 0 Å². The molecule has 0 saturated heterocycles. The van der Waals surface area contributed by atoms with E-state index in [1.54, 1.807) is 19.2 Å². The van der Waals surface area contributed by atoms with E-state index >= 15 is 0 Å². The fraction of sp³-hybridized carbons (Fsp3) is 0.0714. The van der Waals surface area contributed by atoms with Crippen molar-refractivity contribution in [3.05, 3.63) is 54.1 Å². The summed E-state index contributed by atoms with van der Waals surface area (Å²) in [6, 6.07) is 14.8. The van der Waals surface area contributed by atoms with Gasteiger partial charge in [-0.1, -0.05) is 30.3 Å². The first kappa shape index (κ1) is 11.2. The number of carbonyl (C=O) groups is 1. The summed E-state index contributed by atoms with van der Waals surface area (Å²) in [6.07, 6.45) is 0. The summed E-state index contributed by atoms with van der Waals surface area (Å²) in [4.78, 5) is 11.1. The van der Waals surface area contributed by atoms with Gasteiger partial charge in [-0.25, -0.2) is 0 Å². The lowest BCUT2D eigenvalue weighted by Gasteiger charge is -2.08. The minimum absolute atomic E-state index is 0.429. The molecule has 0 aliphatic carbocycles. The molecule has 0 aliphatic rings. The average molecular weight is 227 g/mol. The topological polar surface area (TPSA) is 52.3 Å². The molecule has 0 atom stereocenters. The number of ether oxygens (including phenoxy) is 1. The van der Waals surface area contributed by atoms with Crippen molar-refractivity contribution < 1.29 is 9.53 Å². The van der Waals surface area contributed by atoms with Crippen molar-refractivity contribution in [2.45, 2.75) is 0 Å². The maximum absolute atomic E-state index is 11.1. The molecule has 3 heteroatoms. The smallest absolute Gasteiger partial charge is 0.248 e. The summed E-state index contributed by atoms with van der Waals surface area (Å²) in [5.74, 6) is 0.343. The Morgan fingerprint density at radius 3 is 2.59 bits per heavy atom. The number of methoxy groups -OCH3 is 1. The zero-order valence-electron chi connectivity index (χ0n) is 9.51. The van der Waals surface area contributed by atoms with E-state index in [1.165, 1.54) is 0 Å². The molecule has 0 fully saturated rings. The summed E-state index contributed by atoms with van der Waals surface area (Å²) < 4.78 is 5.28. The number of nitrogens with two attached hydrogens (primary N) is 1. The van der Waals surface area contributed by atoms with E-state index in [9.17, 15) is 4.79 Å². The van der Waals surface area contributed by atoms with Crippen molar-refractivity contribution in [3.8, 4) is 16.9 Å². The molecular weight excluding hydrogens is 214 g/mol. The maximum Gasteiger partial charge on any atom is 0.248 e. The van der Waals surface area contributed by atoms with Crippen molar-refractivity contribution >= 4 is 5.91 Å². The van der Waals surface area contributed by atoms with E-state index in [2.05, 4.69) is 0 Å². The van der Waals surface area contributed by atoms with E-state index in [4.69, 9.17) is 10.5 Å². The Labute approximate surface area is 99.8 Å². The van der Waals surface area contributed by atoms with E-state index in [1.807, 2.05) is 36.4 Å². The van der Waals surface area contributed by atoms with Crippen molar-refractivity contribution in [1.82, 2.24) is 0 Å². The Kier molecular flexibility index (Phi) is 3.10. The highest BCUT2D eigenvalue weighted by Crippen LogP contribution is 2.29. The van der Waals surface area contributed by atoms with E-state index in [0.717, 1.165) is 16.9 Å². The number of benzene rings is 2. The van der Waals surface area contributed by atoms with Gasteiger partial charge in [-0.3, -0.25) is 4.79 Å². The molecule has 1 amide bonds. The maximum atomic E-state index is 11.1. The molecule has 0 aliphatic heterocycles. The fourth-order valence-corrected chi connectivity index (χ4v) is 1.72. The number of rotatable bonds is 3. The van der Waals surface area contributed by atoms with E-state index in [-0.39, 0.29) is 0 Å². The van der Waals surface area contributed by atoms with Crippen LogP contribution < -0.4 is 10.5 Å². The van der Waals surface area contributed by atoms with Gasteiger partial charge in [-0.15, -0.1) is 0 Å². The molecule has 0 spiro atoms. The van der Waals surface area contributed by atoms with Gasteiger partial charge >= 0.3 is 0 Å². The zero-order valence-corrected chi connectivity index (χ0v) is 9.51. The van der Waals surface area contributed by atoms with Gasteiger partial charge in [0.2, 0.25) is 5.91 Å². The first-order chi connectivity index (χ1) is 8.22. The van der Waals surface area contributed by atoms with Crippen molar-refractivity contribution in [1.29, 1.82) is 0 Å². The van der Waals surface area contributed by atoms with Gasteiger partial charge in [0.1, 0.15) is 5.75 Å². The third kappa shape index (κ3) is 2.28. The highest BCUT2D eigenvalue weighted by Gasteiger charge is 2.07. The summed E-state index contributed by atoms with van der Waals surface area (Å²) >= 11 is 0. The molecule has 0 aromatic heterocycles. The van der Waals surface area contributed by atoms with Crippen molar-refractivity contribution in [2.75, 3.05) is 7.11 Å². The van der Waals surface area contributed by atoms with Crippen LogP contribution in [0, 0.1) is 0 Å². The van der Waals surface area contributed by atoms with Gasteiger partial charge < -0.3 is 10.5 Å². The normalized spacial score (nSPS) is 9.94. The van der Waals surface area contributed by atoms with Crippen LogP contribution in [0.25, 0.3) is 11.1 Å².